The first-order valence-corrected chi connectivity index (χ1v) is 13.0. The predicted molar refractivity (Wildman–Crippen MR) is 156 cm³/mol. The Morgan fingerprint density at radius 1 is 0.949 bits per heavy atom. The summed E-state index contributed by atoms with van der Waals surface area (Å²) < 4.78 is 5.11. The number of hydrogen-bond donors (Lipinski definition) is 2. The molecule has 0 bridgehead atoms. The van der Waals surface area contributed by atoms with E-state index in [9.17, 15) is 14.4 Å². The average molecular weight is 527 g/mol. The molecule has 39 heavy (non-hydrogen) atoms. The molecule has 0 aliphatic carbocycles. The van der Waals surface area contributed by atoms with Crippen LogP contribution in [0, 0.1) is 0 Å². The molecule has 0 spiro atoms. The van der Waals surface area contributed by atoms with Gasteiger partial charge in [0.2, 0.25) is 5.91 Å². The number of hydrogen-bond acceptors (Lipinski definition) is 6. The molecule has 3 aromatic rings. The fraction of sp³-hybridized carbons (Fsp3) is 0.258. The van der Waals surface area contributed by atoms with E-state index in [1.165, 1.54) is 0 Å². The van der Waals surface area contributed by atoms with E-state index in [-0.39, 0.29) is 24.5 Å². The van der Waals surface area contributed by atoms with Crippen molar-refractivity contribution in [2.75, 3.05) is 42.8 Å². The molecule has 0 atom stereocenters. The highest BCUT2D eigenvalue weighted by Crippen LogP contribution is 2.38. The molecule has 2 N–H and O–H groups in total. The highest BCUT2D eigenvalue weighted by molar-refractivity contribution is 6.37. The number of amides is 2. The lowest BCUT2D eigenvalue weighted by molar-refractivity contribution is -0.119. The van der Waals surface area contributed by atoms with Crippen molar-refractivity contribution in [3.63, 3.8) is 0 Å². The SMILES string of the molecule is CCOC(=O)c1ccc2c(c1)NC(=O)C2=C(Nc1ccc(N(C(=O)CN(C)C)C(C)C)cc1)c1ccccc1. The largest absolute Gasteiger partial charge is 0.462 e. The number of rotatable bonds is 9. The van der Waals surface area contributed by atoms with Crippen LogP contribution in [0.1, 0.15) is 42.3 Å². The molecular weight excluding hydrogens is 492 g/mol. The van der Waals surface area contributed by atoms with Crippen molar-refractivity contribution >= 4 is 46.1 Å². The lowest BCUT2D eigenvalue weighted by Crippen LogP contribution is -2.42. The summed E-state index contributed by atoms with van der Waals surface area (Å²) in [7, 11) is 3.74. The second-order valence-corrected chi connectivity index (χ2v) is 9.82. The molecule has 0 fully saturated rings. The number of carbonyl (C=O) groups excluding carboxylic acids is 3. The molecule has 2 amide bonds. The number of esters is 1. The first-order valence-electron chi connectivity index (χ1n) is 13.0. The van der Waals surface area contributed by atoms with E-state index in [2.05, 4.69) is 10.6 Å². The minimum atomic E-state index is -0.437. The van der Waals surface area contributed by atoms with Gasteiger partial charge in [-0.05, 0) is 76.8 Å². The fourth-order valence-electron chi connectivity index (χ4n) is 4.57. The number of nitrogens with zero attached hydrogens (tertiary/aromatic N) is 2. The van der Waals surface area contributed by atoms with E-state index in [1.54, 1.807) is 30.0 Å². The number of fused-ring (bicyclic) bond motifs is 1. The summed E-state index contributed by atoms with van der Waals surface area (Å²) in [6, 6.07) is 22.3. The minimum Gasteiger partial charge on any atom is -0.462 e. The molecular formula is C31H34N4O4. The molecule has 4 rings (SSSR count). The third-order valence-electron chi connectivity index (χ3n) is 6.24. The van der Waals surface area contributed by atoms with Crippen molar-refractivity contribution in [2.45, 2.75) is 26.8 Å². The van der Waals surface area contributed by atoms with Gasteiger partial charge in [0, 0.05) is 23.0 Å². The van der Waals surface area contributed by atoms with Crippen LogP contribution in [-0.4, -0.2) is 56.0 Å². The summed E-state index contributed by atoms with van der Waals surface area (Å²) in [6.07, 6.45) is 0. The van der Waals surface area contributed by atoms with Crippen molar-refractivity contribution in [2.24, 2.45) is 0 Å². The van der Waals surface area contributed by atoms with Crippen LogP contribution < -0.4 is 15.5 Å². The fourth-order valence-corrected chi connectivity index (χ4v) is 4.57. The van der Waals surface area contributed by atoms with E-state index in [0.29, 0.717) is 34.6 Å². The van der Waals surface area contributed by atoms with Crippen LogP contribution in [0.2, 0.25) is 0 Å². The van der Waals surface area contributed by atoms with Crippen molar-refractivity contribution < 1.29 is 19.1 Å². The number of anilines is 3. The maximum absolute atomic E-state index is 13.3. The third kappa shape index (κ3) is 6.18. The normalized spacial score (nSPS) is 13.7. The molecule has 202 valence electrons. The second-order valence-electron chi connectivity index (χ2n) is 9.82. The molecule has 0 saturated carbocycles. The van der Waals surface area contributed by atoms with Crippen molar-refractivity contribution in [3.8, 4) is 0 Å². The van der Waals surface area contributed by atoms with Crippen molar-refractivity contribution in [1.29, 1.82) is 0 Å². The van der Waals surface area contributed by atoms with Crippen molar-refractivity contribution in [3.05, 3.63) is 89.5 Å². The molecule has 1 heterocycles. The quantitative estimate of drug-likeness (QED) is 0.298. The van der Waals surface area contributed by atoms with Gasteiger partial charge in [0.1, 0.15) is 0 Å². The van der Waals surface area contributed by atoms with Gasteiger partial charge in [-0.3, -0.25) is 9.59 Å². The number of likely N-dealkylation sites (N-methyl/N-ethyl adjacent to an activating group) is 1. The Balaban J connectivity index is 1.72. The van der Waals surface area contributed by atoms with Gasteiger partial charge < -0.3 is 25.2 Å². The Kier molecular flexibility index (Phi) is 8.46. The zero-order valence-corrected chi connectivity index (χ0v) is 22.9. The number of nitrogens with one attached hydrogen (secondary N) is 2. The van der Waals surface area contributed by atoms with Gasteiger partial charge in [0.15, 0.2) is 0 Å². The Hall–Kier alpha value is -4.43. The second kappa shape index (κ2) is 12.0. The maximum Gasteiger partial charge on any atom is 0.338 e. The first-order chi connectivity index (χ1) is 18.7. The van der Waals surface area contributed by atoms with E-state index >= 15 is 0 Å². The summed E-state index contributed by atoms with van der Waals surface area (Å²) in [4.78, 5) is 42.0. The average Bonchev–Trinajstić information content (AvgIpc) is 3.23. The Morgan fingerprint density at radius 2 is 1.64 bits per heavy atom. The molecule has 1 aliphatic rings. The summed E-state index contributed by atoms with van der Waals surface area (Å²) in [6.45, 7) is 6.31. The molecule has 0 saturated heterocycles. The topological polar surface area (TPSA) is 91.0 Å². The molecule has 1 aliphatic heterocycles. The molecule has 8 heteroatoms. The lowest BCUT2D eigenvalue weighted by atomic mass is 9.99. The lowest BCUT2D eigenvalue weighted by Gasteiger charge is -2.28. The molecule has 8 nitrogen and oxygen atoms in total. The number of ether oxygens (including phenoxy) is 1. The van der Waals surface area contributed by atoms with Gasteiger partial charge in [-0.25, -0.2) is 4.79 Å². The zero-order chi connectivity index (χ0) is 28.1. The molecule has 0 aromatic heterocycles. The van der Waals surface area contributed by atoms with Gasteiger partial charge in [-0.2, -0.15) is 0 Å². The predicted octanol–water partition coefficient (Wildman–Crippen LogP) is 5.10. The van der Waals surface area contributed by atoms with Gasteiger partial charge in [-0.15, -0.1) is 0 Å². The summed E-state index contributed by atoms with van der Waals surface area (Å²) in [5.74, 6) is -0.688. The van der Waals surface area contributed by atoms with E-state index in [1.807, 2.05) is 87.4 Å². The number of benzene rings is 3. The monoisotopic (exact) mass is 526 g/mol. The zero-order valence-electron chi connectivity index (χ0n) is 22.9. The smallest absolute Gasteiger partial charge is 0.338 e. The molecule has 0 radical (unpaired) electrons. The highest BCUT2D eigenvalue weighted by atomic mass is 16.5. The maximum atomic E-state index is 13.3. The molecule has 0 unspecified atom stereocenters. The van der Waals surface area contributed by atoms with Gasteiger partial charge in [0.25, 0.3) is 5.91 Å². The first kappa shape index (κ1) is 27.6. The van der Waals surface area contributed by atoms with E-state index in [0.717, 1.165) is 16.9 Å². The van der Waals surface area contributed by atoms with Crippen molar-refractivity contribution in [1.82, 2.24) is 4.90 Å². The van der Waals surface area contributed by atoms with E-state index in [4.69, 9.17) is 4.74 Å². The third-order valence-corrected chi connectivity index (χ3v) is 6.24. The van der Waals surface area contributed by atoms with Crippen LogP contribution in [0.5, 0.6) is 0 Å². The van der Waals surface area contributed by atoms with E-state index < -0.39 is 5.97 Å². The molecule has 3 aromatic carbocycles. The number of carbonyl (C=O) groups is 3. The van der Waals surface area contributed by atoms with Crippen LogP contribution >= 0.6 is 0 Å². The standard InChI is InChI=1S/C31H34N4O4/c1-6-39-31(38)22-12-17-25-26(18-22)33-30(37)28(25)29(21-10-8-7-9-11-21)32-23-13-15-24(16-14-23)35(20(2)3)27(36)19-34(4)5/h7-18,20,32H,6,19H2,1-5H3,(H,33,37). The minimum absolute atomic E-state index is 0.00329. The van der Waals surface area contributed by atoms with Gasteiger partial charge >= 0.3 is 5.97 Å². The summed E-state index contributed by atoms with van der Waals surface area (Å²) >= 11 is 0. The summed E-state index contributed by atoms with van der Waals surface area (Å²) in [5, 5.41) is 6.33. The van der Waals surface area contributed by atoms with Crippen LogP contribution in [-0.2, 0) is 14.3 Å². The highest BCUT2D eigenvalue weighted by Gasteiger charge is 2.29. The van der Waals surface area contributed by atoms with Crippen LogP contribution in [0.4, 0.5) is 17.1 Å². The van der Waals surface area contributed by atoms with Crippen LogP contribution in [0.3, 0.4) is 0 Å². The van der Waals surface area contributed by atoms with Crippen LogP contribution in [0.15, 0.2) is 72.8 Å². The Labute approximate surface area is 229 Å². The van der Waals surface area contributed by atoms with Crippen LogP contribution in [0.25, 0.3) is 11.3 Å². The Bertz CT molecular complexity index is 1400. The van der Waals surface area contributed by atoms with Gasteiger partial charge in [-0.1, -0.05) is 36.4 Å². The summed E-state index contributed by atoms with van der Waals surface area (Å²) in [5.41, 5.74) is 5.12. The Morgan fingerprint density at radius 3 is 2.26 bits per heavy atom. The van der Waals surface area contributed by atoms with Gasteiger partial charge in [0.05, 0.1) is 35.7 Å².